The van der Waals surface area contributed by atoms with Gasteiger partial charge in [-0.1, -0.05) is 20.8 Å². The molecule has 0 saturated carbocycles. The van der Waals surface area contributed by atoms with E-state index in [4.69, 9.17) is 5.11 Å². The Morgan fingerprint density at radius 2 is 1.84 bits per heavy atom. The number of aliphatic hydroxyl groups is 1. The molecule has 0 radical (unpaired) electrons. The van der Waals surface area contributed by atoms with E-state index in [-0.39, 0.29) is 29.9 Å². The van der Waals surface area contributed by atoms with Crippen molar-refractivity contribution < 1.29 is 14.7 Å². The largest absolute Gasteiger partial charge is 0.396 e. The molecule has 0 aromatic heterocycles. The van der Waals surface area contributed by atoms with Crippen molar-refractivity contribution in [1.82, 2.24) is 10.6 Å². The highest BCUT2D eigenvalue weighted by molar-refractivity contribution is 5.81. The molecule has 3 N–H and O–H groups in total. The first-order chi connectivity index (χ1) is 8.77. The molecule has 5 heteroatoms. The van der Waals surface area contributed by atoms with Crippen molar-refractivity contribution in [3.05, 3.63) is 0 Å². The summed E-state index contributed by atoms with van der Waals surface area (Å²) in [5, 5.41) is 14.4. The van der Waals surface area contributed by atoms with Crippen LogP contribution >= 0.6 is 0 Å². The van der Waals surface area contributed by atoms with E-state index >= 15 is 0 Å². The van der Waals surface area contributed by atoms with Crippen LogP contribution < -0.4 is 10.6 Å². The highest BCUT2D eigenvalue weighted by Crippen LogP contribution is 2.12. The first kappa shape index (κ1) is 17.9. The lowest BCUT2D eigenvalue weighted by Crippen LogP contribution is -2.36. The molecule has 19 heavy (non-hydrogen) atoms. The molecule has 1 atom stereocenters. The molecule has 112 valence electrons. The van der Waals surface area contributed by atoms with Crippen molar-refractivity contribution in [2.75, 3.05) is 13.2 Å². The van der Waals surface area contributed by atoms with Crippen LogP contribution in [0.5, 0.6) is 0 Å². The second-order valence-electron chi connectivity index (χ2n) is 5.94. The zero-order valence-electron chi connectivity index (χ0n) is 12.6. The van der Waals surface area contributed by atoms with Crippen molar-refractivity contribution in [2.45, 2.75) is 59.4 Å². The Morgan fingerprint density at radius 1 is 1.21 bits per heavy atom. The molecule has 0 heterocycles. The third-order valence-corrected chi connectivity index (χ3v) is 2.75. The Morgan fingerprint density at radius 3 is 2.37 bits per heavy atom. The quantitative estimate of drug-likeness (QED) is 0.581. The minimum Gasteiger partial charge on any atom is -0.396 e. The number of carbonyl (C=O) groups excluding carboxylic acids is 2. The minimum absolute atomic E-state index is 0.00391. The highest BCUT2D eigenvalue weighted by Gasteiger charge is 2.20. The molecular formula is C14H28N2O3. The van der Waals surface area contributed by atoms with E-state index in [0.29, 0.717) is 25.8 Å². The third-order valence-electron chi connectivity index (χ3n) is 2.75. The van der Waals surface area contributed by atoms with Gasteiger partial charge in [0.2, 0.25) is 11.8 Å². The van der Waals surface area contributed by atoms with E-state index in [0.717, 1.165) is 6.42 Å². The van der Waals surface area contributed by atoms with Gasteiger partial charge in [-0.3, -0.25) is 9.59 Å². The minimum atomic E-state index is -0.388. The lowest BCUT2D eigenvalue weighted by Gasteiger charge is -2.17. The normalized spacial score (nSPS) is 12.9. The van der Waals surface area contributed by atoms with Gasteiger partial charge in [-0.05, 0) is 26.2 Å². The van der Waals surface area contributed by atoms with Crippen LogP contribution in [-0.2, 0) is 9.59 Å². The second-order valence-corrected chi connectivity index (χ2v) is 5.94. The molecule has 2 amide bonds. The van der Waals surface area contributed by atoms with Gasteiger partial charge in [0.15, 0.2) is 0 Å². The number of nitrogens with one attached hydrogen (secondary N) is 2. The van der Waals surface area contributed by atoms with Crippen LogP contribution in [0.4, 0.5) is 0 Å². The van der Waals surface area contributed by atoms with Gasteiger partial charge in [-0.15, -0.1) is 0 Å². The molecular weight excluding hydrogens is 244 g/mol. The van der Waals surface area contributed by atoms with E-state index in [9.17, 15) is 9.59 Å². The summed E-state index contributed by atoms with van der Waals surface area (Å²) in [6.45, 7) is 8.18. The molecule has 1 unspecified atom stereocenters. The summed E-state index contributed by atoms with van der Waals surface area (Å²) in [5.74, 6) is -0.000306. The second kappa shape index (κ2) is 8.91. The molecule has 0 saturated heterocycles. The van der Waals surface area contributed by atoms with Crippen LogP contribution in [0.2, 0.25) is 0 Å². The number of rotatable bonds is 8. The molecule has 0 spiro atoms. The van der Waals surface area contributed by atoms with E-state index in [2.05, 4.69) is 10.6 Å². The lowest BCUT2D eigenvalue weighted by molar-refractivity contribution is -0.128. The molecule has 0 bridgehead atoms. The summed E-state index contributed by atoms with van der Waals surface area (Å²) < 4.78 is 0. The van der Waals surface area contributed by atoms with Crippen LogP contribution in [0, 0.1) is 5.41 Å². The van der Waals surface area contributed by atoms with E-state index in [1.54, 1.807) is 0 Å². The Kier molecular flexibility index (Phi) is 8.39. The number of amides is 2. The van der Waals surface area contributed by atoms with Gasteiger partial charge in [-0.2, -0.15) is 0 Å². The topological polar surface area (TPSA) is 78.4 Å². The fraction of sp³-hybridized carbons (Fsp3) is 0.857. The van der Waals surface area contributed by atoms with Gasteiger partial charge in [0.05, 0.1) is 0 Å². The van der Waals surface area contributed by atoms with Crippen molar-refractivity contribution in [3.63, 3.8) is 0 Å². The SMILES string of the molecule is CC(CCCO)NC(=O)CCCNC(=O)C(C)(C)C. The molecule has 0 aliphatic carbocycles. The maximum Gasteiger partial charge on any atom is 0.225 e. The summed E-state index contributed by atoms with van der Waals surface area (Å²) in [5.41, 5.74) is -0.388. The van der Waals surface area contributed by atoms with Crippen molar-refractivity contribution in [1.29, 1.82) is 0 Å². The Labute approximate surface area is 116 Å². The van der Waals surface area contributed by atoms with E-state index in [1.807, 2.05) is 27.7 Å². The Hall–Kier alpha value is -1.10. The Balaban J connectivity index is 3.67. The van der Waals surface area contributed by atoms with Gasteiger partial charge in [0.1, 0.15) is 0 Å². The van der Waals surface area contributed by atoms with Crippen LogP contribution in [0.25, 0.3) is 0 Å². The maximum atomic E-state index is 11.6. The number of hydrogen-bond donors (Lipinski definition) is 3. The van der Waals surface area contributed by atoms with Crippen LogP contribution in [0.1, 0.15) is 53.4 Å². The molecule has 0 aliphatic rings. The summed E-state index contributed by atoms with van der Waals surface area (Å²) in [7, 11) is 0. The van der Waals surface area contributed by atoms with Gasteiger partial charge in [0, 0.05) is 31.0 Å². The number of aliphatic hydroxyl groups excluding tert-OH is 1. The van der Waals surface area contributed by atoms with Gasteiger partial charge >= 0.3 is 0 Å². The number of hydrogen-bond acceptors (Lipinski definition) is 3. The smallest absolute Gasteiger partial charge is 0.225 e. The van der Waals surface area contributed by atoms with Crippen molar-refractivity contribution in [2.24, 2.45) is 5.41 Å². The van der Waals surface area contributed by atoms with Gasteiger partial charge < -0.3 is 15.7 Å². The van der Waals surface area contributed by atoms with E-state index < -0.39 is 0 Å². The molecule has 0 aliphatic heterocycles. The van der Waals surface area contributed by atoms with E-state index in [1.165, 1.54) is 0 Å². The average Bonchev–Trinajstić information content (AvgIpc) is 2.30. The molecule has 5 nitrogen and oxygen atoms in total. The summed E-state index contributed by atoms with van der Waals surface area (Å²) >= 11 is 0. The van der Waals surface area contributed by atoms with Gasteiger partial charge in [-0.25, -0.2) is 0 Å². The lowest BCUT2D eigenvalue weighted by atomic mass is 9.96. The predicted octanol–water partition coefficient (Wildman–Crippen LogP) is 1.21. The average molecular weight is 272 g/mol. The molecule has 0 aromatic carbocycles. The molecule has 0 rings (SSSR count). The van der Waals surface area contributed by atoms with Crippen molar-refractivity contribution in [3.8, 4) is 0 Å². The fourth-order valence-corrected chi connectivity index (χ4v) is 1.53. The zero-order chi connectivity index (χ0) is 14.9. The summed E-state index contributed by atoms with van der Waals surface area (Å²) in [4.78, 5) is 23.1. The van der Waals surface area contributed by atoms with Crippen LogP contribution in [0.3, 0.4) is 0 Å². The molecule has 0 aromatic rings. The van der Waals surface area contributed by atoms with Crippen LogP contribution in [-0.4, -0.2) is 36.1 Å². The summed E-state index contributed by atoms with van der Waals surface area (Å²) in [6.07, 6.45) is 2.53. The maximum absolute atomic E-state index is 11.6. The summed E-state index contributed by atoms with van der Waals surface area (Å²) in [6, 6.07) is 0.0869. The van der Waals surface area contributed by atoms with Crippen molar-refractivity contribution >= 4 is 11.8 Å². The first-order valence-corrected chi connectivity index (χ1v) is 6.96. The van der Waals surface area contributed by atoms with Gasteiger partial charge in [0.25, 0.3) is 0 Å². The third kappa shape index (κ3) is 9.47. The highest BCUT2D eigenvalue weighted by atomic mass is 16.3. The van der Waals surface area contributed by atoms with Crippen LogP contribution in [0.15, 0.2) is 0 Å². The standard InChI is InChI=1S/C14H28N2O3/c1-11(7-6-10-17)16-12(18)8-5-9-15-13(19)14(2,3)4/h11,17H,5-10H2,1-4H3,(H,15,19)(H,16,18). The molecule has 0 fully saturated rings. The Bertz CT molecular complexity index is 285. The monoisotopic (exact) mass is 272 g/mol. The predicted molar refractivity (Wildman–Crippen MR) is 75.6 cm³/mol. The fourth-order valence-electron chi connectivity index (χ4n) is 1.53. The first-order valence-electron chi connectivity index (χ1n) is 6.96. The zero-order valence-corrected chi connectivity index (χ0v) is 12.6. The number of carbonyl (C=O) groups is 2.